The second-order valence-electron chi connectivity index (χ2n) is 0.882. The molecule has 3 heteroatoms. The molecule has 3 nitrogen and oxygen atoms in total. The van der Waals surface area contributed by atoms with Gasteiger partial charge < -0.3 is 0 Å². The third kappa shape index (κ3) is 4.94. The van der Waals surface area contributed by atoms with Gasteiger partial charge in [-0.05, 0) is 0 Å². The van der Waals surface area contributed by atoms with Gasteiger partial charge in [0.05, 0.1) is 0 Å². The Bertz CT molecular complexity index is 91.1. The Balaban J connectivity index is 2.77. The van der Waals surface area contributed by atoms with E-state index in [0.717, 1.165) is 0 Å². The Labute approximate surface area is 42.6 Å². The molecule has 0 saturated carbocycles. The van der Waals surface area contributed by atoms with Gasteiger partial charge in [0, 0.05) is 0 Å². The molecule has 0 atom stereocenters. The minimum atomic E-state index is 0.252. The lowest BCUT2D eigenvalue weighted by atomic mass is 11.0. The second-order valence-corrected chi connectivity index (χ2v) is 0.882. The highest BCUT2D eigenvalue weighted by Crippen LogP contribution is 1.59. The zero-order valence-electron chi connectivity index (χ0n) is 3.81. The van der Waals surface area contributed by atoms with E-state index in [4.69, 9.17) is 13.1 Å². The summed E-state index contributed by atoms with van der Waals surface area (Å²) in [4.78, 5) is 5.94. The molecule has 1 N–H and O–H groups in total. The van der Waals surface area contributed by atoms with Crippen LogP contribution < -0.4 is 5.32 Å². The number of rotatable bonds is 2. The topological polar surface area (TPSA) is 20.8 Å². The maximum atomic E-state index is 6.24. The van der Waals surface area contributed by atoms with Crippen molar-refractivity contribution < 1.29 is 0 Å². The van der Waals surface area contributed by atoms with Crippen LogP contribution in [0.5, 0.6) is 0 Å². The van der Waals surface area contributed by atoms with Crippen LogP contribution in [-0.4, -0.2) is 13.3 Å². The Kier molecular flexibility index (Phi) is 4.19. The average molecular weight is 95.1 g/mol. The molecule has 0 unspecified atom stereocenters. The van der Waals surface area contributed by atoms with Crippen LogP contribution in [0.1, 0.15) is 0 Å². The summed E-state index contributed by atoms with van der Waals surface area (Å²) in [5.41, 5.74) is 0. The summed E-state index contributed by atoms with van der Waals surface area (Å²) in [6.45, 7) is 13.0. The van der Waals surface area contributed by atoms with Crippen molar-refractivity contribution in [3.8, 4) is 0 Å². The molecule has 7 heavy (non-hydrogen) atoms. The minimum Gasteiger partial charge on any atom is -0.299 e. The van der Waals surface area contributed by atoms with Gasteiger partial charge in [-0.2, -0.15) is 5.32 Å². The molecular formula is C4H5N3. The third-order valence-corrected chi connectivity index (χ3v) is 0.382. The van der Waals surface area contributed by atoms with E-state index in [2.05, 4.69) is 15.0 Å². The highest BCUT2D eigenvalue weighted by Gasteiger charge is 1.80. The third-order valence-electron chi connectivity index (χ3n) is 0.382. The van der Waals surface area contributed by atoms with E-state index in [9.17, 15) is 0 Å². The largest absolute Gasteiger partial charge is 0.299 e. The maximum absolute atomic E-state index is 6.24. The molecule has 0 aromatic carbocycles. The van der Waals surface area contributed by atoms with Crippen molar-refractivity contribution in [1.82, 2.24) is 5.32 Å². The van der Waals surface area contributed by atoms with E-state index in [1.807, 2.05) is 0 Å². The van der Waals surface area contributed by atoms with Gasteiger partial charge in [-0.15, -0.1) is 0 Å². The van der Waals surface area contributed by atoms with Crippen LogP contribution >= 0.6 is 0 Å². The zero-order chi connectivity index (χ0) is 5.54. The highest BCUT2D eigenvalue weighted by molar-refractivity contribution is 4.60. The lowest BCUT2D eigenvalue weighted by molar-refractivity contribution is 0.837. The van der Waals surface area contributed by atoms with Gasteiger partial charge in [0.15, 0.2) is 0 Å². The number of hydrogen-bond donors (Lipinski definition) is 1. The van der Waals surface area contributed by atoms with Gasteiger partial charge in [-0.3, -0.25) is 9.69 Å². The van der Waals surface area contributed by atoms with E-state index in [0.29, 0.717) is 0 Å². The van der Waals surface area contributed by atoms with Crippen molar-refractivity contribution in [3.05, 3.63) is 22.8 Å². The summed E-state index contributed by atoms with van der Waals surface area (Å²) in [5, 5.41) is 2.58. The summed E-state index contributed by atoms with van der Waals surface area (Å²) in [5.74, 6) is 0. The Hall–Kier alpha value is -1.06. The van der Waals surface area contributed by atoms with Crippen molar-refractivity contribution in [3.63, 3.8) is 0 Å². The lowest BCUT2D eigenvalue weighted by Crippen LogP contribution is -2.09. The first-order valence-corrected chi connectivity index (χ1v) is 1.79. The van der Waals surface area contributed by atoms with E-state index in [1.165, 1.54) is 0 Å². The summed E-state index contributed by atoms with van der Waals surface area (Å²) in [6, 6.07) is 0. The average Bonchev–Trinajstić information content (AvgIpc) is 1.69. The van der Waals surface area contributed by atoms with E-state index in [1.54, 1.807) is 0 Å². The van der Waals surface area contributed by atoms with Crippen LogP contribution in [-0.2, 0) is 0 Å². The number of hydrogen-bond acceptors (Lipinski definition) is 1. The molecule has 0 aliphatic heterocycles. The number of nitrogens with zero attached hydrogens (tertiary/aromatic N) is 2. The zero-order valence-corrected chi connectivity index (χ0v) is 3.81. The molecule has 0 aliphatic carbocycles. The fourth-order valence-corrected chi connectivity index (χ4v) is 0.162. The monoisotopic (exact) mass is 95.0 g/mol. The predicted molar refractivity (Wildman–Crippen MR) is 26.1 cm³/mol. The van der Waals surface area contributed by atoms with Gasteiger partial charge >= 0.3 is 0 Å². The molecular weight excluding hydrogens is 90.1 g/mol. The van der Waals surface area contributed by atoms with E-state index < -0.39 is 0 Å². The SMILES string of the molecule is [C-]#[N+]CNC[N+]#[C-]. The molecule has 0 radical (unpaired) electrons. The molecule has 0 fully saturated rings. The molecule has 0 bridgehead atoms. The fourth-order valence-electron chi connectivity index (χ4n) is 0.162. The van der Waals surface area contributed by atoms with E-state index in [-0.39, 0.29) is 13.3 Å². The molecule has 0 aromatic heterocycles. The predicted octanol–water partition coefficient (Wildman–Crippen LogP) is 0.330. The van der Waals surface area contributed by atoms with Crippen molar-refractivity contribution in [2.45, 2.75) is 0 Å². The Morgan fingerprint density at radius 1 is 1.14 bits per heavy atom. The van der Waals surface area contributed by atoms with Gasteiger partial charge in [0.25, 0.3) is 13.3 Å². The van der Waals surface area contributed by atoms with Crippen molar-refractivity contribution >= 4 is 0 Å². The summed E-state index contributed by atoms with van der Waals surface area (Å²) in [7, 11) is 0. The quantitative estimate of drug-likeness (QED) is 0.387. The molecule has 0 rings (SSSR count). The molecule has 0 aromatic rings. The highest BCUT2D eigenvalue weighted by atomic mass is 15.0. The minimum absolute atomic E-state index is 0.252. The Morgan fingerprint density at radius 2 is 1.57 bits per heavy atom. The van der Waals surface area contributed by atoms with Gasteiger partial charge in [0.1, 0.15) is 0 Å². The smallest absolute Gasteiger partial charge is 0.273 e. The maximum Gasteiger partial charge on any atom is 0.273 e. The van der Waals surface area contributed by atoms with Crippen LogP contribution in [0.3, 0.4) is 0 Å². The molecule has 0 amide bonds. The molecule has 0 aliphatic rings. The van der Waals surface area contributed by atoms with Crippen LogP contribution in [0, 0.1) is 13.1 Å². The van der Waals surface area contributed by atoms with Crippen molar-refractivity contribution in [2.24, 2.45) is 0 Å². The van der Waals surface area contributed by atoms with Gasteiger partial charge in [0.2, 0.25) is 0 Å². The first-order chi connectivity index (χ1) is 3.41. The Morgan fingerprint density at radius 3 is 1.86 bits per heavy atom. The van der Waals surface area contributed by atoms with Gasteiger partial charge in [-0.1, -0.05) is 0 Å². The number of nitrogens with one attached hydrogen (secondary N) is 1. The van der Waals surface area contributed by atoms with Crippen LogP contribution in [0.25, 0.3) is 9.69 Å². The van der Waals surface area contributed by atoms with Crippen molar-refractivity contribution in [2.75, 3.05) is 13.3 Å². The second kappa shape index (κ2) is 4.94. The molecule has 0 heterocycles. The fraction of sp³-hybridized carbons (Fsp3) is 0.500. The van der Waals surface area contributed by atoms with Crippen LogP contribution in [0.4, 0.5) is 0 Å². The van der Waals surface area contributed by atoms with Gasteiger partial charge in [-0.25, -0.2) is 13.1 Å². The summed E-state index contributed by atoms with van der Waals surface area (Å²) in [6.07, 6.45) is 0. The first-order valence-electron chi connectivity index (χ1n) is 1.79. The summed E-state index contributed by atoms with van der Waals surface area (Å²) >= 11 is 0. The lowest BCUT2D eigenvalue weighted by Gasteiger charge is -1.77. The van der Waals surface area contributed by atoms with E-state index >= 15 is 0 Å². The summed E-state index contributed by atoms with van der Waals surface area (Å²) < 4.78 is 0. The molecule has 0 spiro atoms. The van der Waals surface area contributed by atoms with Crippen LogP contribution in [0.2, 0.25) is 0 Å². The van der Waals surface area contributed by atoms with Crippen LogP contribution in [0.15, 0.2) is 0 Å². The molecule has 0 saturated heterocycles. The van der Waals surface area contributed by atoms with Crippen molar-refractivity contribution in [1.29, 1.82) is 0 Å². The first kappa shape index (κ1) is 5.94. The normalized spacial score (nSPS) is 6.57. The molecule has 36 valence electrons. The standard InChI is InChI=1S/C4H5N3/c1-5-3-7-4-6-2/h7H,3-4H2.